The summed E-state index contributed by atoms with van der Waals surface area (Å²) in [4.78, 5) is 21.6. The highest BCUT2D eigenvalue weighted by Crippen LogP contribution is 2.33. The average Bonchev–Trinajstić information content (AvgIpc) is 3.29. The molecule has 34 heavy (non-hydrogen) atoms. The molecule has 0 aliphatic rings. The molecule has 5 aromatic rings. The molecule has 2 heterocycles. The van der Waals surface area contributed by atoms with E-state index in [9.17, 15) is 4.79 Å². The summed E-state index contributed by atoms with van der Waals surface area (Å²) in [5.41, 5.74) is 3.39. The van der Waals surface area contributed by atoms with Gasteiger partial charge in [0, 0.05) is 28.9 Å². The Bertz CT molecular complexity index is 1480. The number of anilines is 1. The van der Waals surface area contributed by atoms with E-state index < -0.39 is 0 Å². The standard InChI is InChI=1S/C26H23N5O3/c1-33-23-13-20-21(14-24(23)34-2)27-16-28-25(20)30-26(32)18-8-9-22-19(12-18)15-29-31(22)11-10-17-6-4-3-5-7-17/h3-9,12-16H,10-11H2,1-2H3,(H,27,28,30,32). The largest absolute Gasteiger partial charge is 0.493 e. The Balaban J connectivity index is 1.38. The van der Waals surface area contributed by atoms with Gasteiger partial charge in [-0.3, -0.25) is 9.48 Å². The van der Waals surface area contributed by atoms with E-state index >= 15 is 0 Å². The molecule has 1 N–H and O–H groups in total. The van der Waals surface area contributed by atoms with Gasteiger partial charge in [0.05, 0.1) is 31.4 Å². The summed E-state index contributed by atoms with van der Waals surface area (Å²) in [5.74, 6) is 1.22. The molecule has 0 bridgehead atoms. The molecule has 0 spiro atoms. The predicted molar refractivity (Wildman–Crippen MR) is 130 cm³/mol. The Morgan fingerprint density at radius 1 is 0.971 bits per heavy atom. The zero-order chi connectivity index (χ0) is 23.5. The van der Waals surface area contributed by atoms with Crippen LogP contribution >= 0.6 is 0 Å². The number of hydrogen-bond donors (Lipinski definition) is 1. The molecule has 0 radical (unpaired) electrons. The zero-order valence-corrected chi connectivity index (χ0v) is 18.9. The fraction of sp³-hybridized carbons (Fsp3) is 0.154. The summed E-state index contributed by atoms with van der Waals surface area (Å²) < 4.78 is 12.7. The summed E-state index contributed by atoms with van der Waals surface area (Å²) in [6.07, 6.45) is 4.08. The van der Waals surface area contributed by atoms with Crippen LogP contribution in [-0.4, -0.2) is 39.9 Å². The van der Waals surface area contributed by atoms with Crippen LogP contribution in [0.25, 0.3) is 21.8 Å². The molecule has 0 atom stereocenters. The number of carbonyl (C=O) groups excluding carboxylic acids is 1. The van der Waals surface area contributed by atoms with Crippen LogP contribution < -0.4 is 14.8 Å². The summed E-state index contributed by atoms with van der Waals surface area (Å²) in [6, 6.07) is 19.4. The van der Waals surface area contributed by atoms with Crippen molar-refractivity contribution in [1.29, 1.82) is 0 Å². The number of carbonyl (C=O) groups is 1. The maximum absolute atomic E-state index is 13.0. The van der Waals surface area contributed by atoms with E-state index in [1.54, 1.807) is 38.6 Å². The summed E-state index contributed by atoms with van der Waals surface area (Å²) in [5, 5.41) is 8.96. The Morgan fingerprint density at radius 2 is 1.76 bits per heavy atom. The molecule has 0 fully saturated rings. The number of nitrogens with one attached hydrogen (secondary N) is 1. The van der Waals surface area contributed by atoms with Crippen molar-refractivity contribution in [3.63, 3.8) is 0 Å². The van der Waals surface area contributed by atoms with E-state index in [1.165, 1.54) is 11.9 Å². The molecule has 2 aromatic heterocycles. The molecule has 5 rings (SSSR count). The lowest BCUT2D eigenvalue weighted by atomic mass is 10.1. The first-order valence-corrected chi connectivity index (χ1v) is 10.8. The first kappa shape index (κ1) is 21.4. The van der Waals surface area contributed by atoms with Gasteiger partial charge in [-0.2, -0.15) is 5.10 Å². The number of methoxy groups -OCH3 is 2. The third-order valence-electron chi connectivity index (χ3n) is 5.73. The fourth-order valence-corrected chi connectivity index (χ4v) is 3.95. The molecule has 0 aliphatic carbocycles. The highest BCUT2D eigenvalue weighted by atomic mass is 16.5. The number of nitrogens with zero attached hydrogens (tertiary/aromatic N) is 4. The van der Waals surface area contributed by atoms with Crippen LogP contribution in [0.1, 0.15) is 15.9 Å². The second kappa shape index (κ2) is 9.19. The molecule has 0 saturated carbocycles. The van der Waals surface area contributed by atoms with Gasteiger partial charge in [-0.1, -0.05) is 30.3 Å². The highest BCUT2D eigenvalue weighted by Gasteiger charge is 2.15. The van der Waals surface area contributed by atoms with Crippen molar-refractivity contribution < 1.29 is 14.3 Å². The van der Waals surface area contributed by atoms with E-state index in [0.29, 0.717) is 33.8 Å². The van der Waals surface area contributed by atoms with E-state index in [0.717, 1.165) is 23.9 Å². The van der Waals surface area contributed by atoms with Gasteiger partial charge in [-0.25, -0.2) is 9.97 Å². The Hall–Kier alpha value is -4.46. The molecular weight excluding hydrogens is 430 g/mol. The maximum Gasteiger partial charge on any atom is 0.256 e. The van der Waals surface area contributed by atoms with Crippen LogP contribution in [0, 0.1) is 0 Å². The van der Waals surface area contributed by atoms with Crippen LogP contribution in [0.2, 0.25) is 0 Å². The molecule has 170 valence electrons. The monoisotopic (exact) mass is 453 g/mol. The Kier molecular flexibility index (Phi) is 5.78. The zero-order valence-electron chi connectivity index (χ0n) is 18.9. The van der Waals surface area contributed by atoms with Crippen molar-refractivity contribution in [2.24, 2.45) is 0 Å². The van der Waals surface area contributed by atoms with E-state index in [2.05, 4.69) is 32.5 Å². The van der Waals surface area contributed by atoms with Crippen molar-refractivity contribution in [1.82, 2.24) is 19.7 Å². The average molecular weight is 454 g/mol. The smallest absolute Gasteiger partial charge is 0.256 e. The number of benzene rings is 3. The number of aryl methyl sites for hydroxylation is 2. The van der Waals surface area contributed by atoms with Crippen molar-refractivity contribution in [3.05, 3.63) is 84.3 Å². The molecule has 8 heteroatoms. The van der Waals surface area contributed by atoms with Crippen LogP contribution in [-0.2, 0) is 13.0 Å². The van der Waals surface area contributed by atoms with Crippen LogP contribution in [0.4, 0.5) is 5.82 Å². The van der Waals surface area contributed by atoms with E-state index in [-0.39, 0.29) is 5.91 Å². The van der Waals surface area contributed by atoms with Gasteiger partial charge >= 0.3 is 0 Å². The van der Waals surface area contributed by atoms with Gasteiger partial charge in [0.2, 0.25) is 0 Å². The van der Waals surface area contributed by atoms with Crippen LogP contribution in [0.5, 0.6) is 11.5 Å². The highest BCUT2D eigenvalue weighted by molar-refractivity contribution is 6.09. The molecule has 1 amide bonds. The number of rotatable bonds is 7. The fourth-order valence-electron chi connectivity index (χ4n) is 3.95. The van der Waals surface area contributed by atoms with E-state index in [1.807, 2.05) is 35.0 Å². The minimum atomic E-state index is -0.270. The number of hydrogen-bond acceptors (Lipinski definition) is 6. The van der Waals surface area contributed by atoms with Gasteiger partial charge in [0.15, 0.2) is 11.5 Å². The van der Waals surface area contributed by atoms with Crippen LogP contribution in [0.15, 0.2) is 73.2 Å². The summed E-state index contributed by atoms with van der Waals surface area (Å²) >= 11 is 0. The Morgan fingerprint density at radius 3 is 2.56 bits per heavy atom. The topological polar surface area (TPSA) is 91.2 Å². The predicted octanol–water partition coefficient (Wildman–Crippen LogP) is 4.49. The lowest BCUT2D eigenvalue weighted by Crippen LogP contribution is -2.13. The van der Waals surface area contributed by atoms with Gasteiger partial charge in [-0.05, 0) is 36.2 Å². The number of aromatic nitrogens is 4. The minimum Gasteiger partial charge on any atom is -0.493 e. The van der Waals surface area contributed by atoms with Crippen molar-refractivity contribution in [3.8, 4) is 11.5 Å². The molecule has 8 nitrogen and oxygen atoms in total. The third kappa shape index (κ3) is 4.13. The van der Waals surface area contributed by atoms with Gasteiger partial charge in [0.25, 0.3) is 5.91 Å². The van der Waals surface area contributed by atoms with Crippen molar-refractivity contribution >= 4 is 33.5 Å². The lowest BCUT2D eigenvalue weighted by molar-refractivity contribution is 0.102. The number of ether oxygens (including phenoxy) is 2. The second-order valence-electron chi connectivity index (χ2n) is 7.78. The quantitative estimate of drug-likeness (QED) is 0.390. The maximum atomic E-state index is 13.0. The minimum absolute atomic E-state index is 0.270. The summed E-state index contributed by atoms with van der Waals surface area (Å²) in [7, 11) is 3.12. The van der Waals surface area contributed by atoms with Crippen molar-refractivity contribution in [2.45, 2.75) is 13.0 Å². The lowest BCUT2D eigenvalue weighted by Gasteiger charge is -2.11. The molecule has 0 saturated heterocycles. The second-order valence-corrected chi connectivity index (χ2v) is 7.78. The van der Waals surface area contributed by atoms with Crippen molar-refractivity contribution in [2.75, 3.05) is 19.5 Å². The van der Waals surface area contributed by atoms with Gasteiger partial charge in [0.1, 0.15) is 12.1 Å². The third-order valence-corrected chi connectivity index (χ3v) is 5.73. The summed E-state index contributed by atoms with van der Waals surface area (Å²) in [6.45, 7) is 0.761. The number of fused-ring (bicyclic) bond motifs is 2. The first-order chi connectivity index (χ1) is 16.7. The molecule has 0 unspecified atom stereocenters. The number of amides is 1. The molecule has 3 aromatic carbocycles. The normalized spacial score (nSPS) is 11.0. The van der Waals surface area contributed by atoms with Crippen LogP contribution in [0.3, 0.4) is 0 Å². The molecular formula is C26H23N5O3. The SMILES string of the molecule is COc1cc2ncnc(NC(=O)c3ccc4c(cnn4CCc4ccccc4)c3)c2cc1OC. The molecule has 0 aliphatic heterocycles. The first-order valence-electron chi connectivity index (χ1n) is 10.8. The van der Waals surface area contributed by atoms with Gasteiger partial charge in [-0.15, -0.1) is 0 Å². The van der Waals surface area contributed by atoms with Gasteiger partial charge < -0.3 is 14.8 Å². The van der Waals surface area contributed by atoms with E-state index in [4.69, 9.17) is 9.47 Å². The Labute approximate surface area is 196 Å².